The summed E-state index contributed by atoms with van der Waals surface area (Å²) in [6, 6.07) is 8.39. The Bertz CT molecular complexity index is 468. The lowest BCUT2D eigenvalue weighted by atomic mass is 10.1. The predicted octanol–water partition coefficient (Wildman–Crippen LogP) is 3.15. The first-order valence-electron chi connectivity index (χ1n) is 5.15. The molecule has 0 radical (unpaired) electrons. The maximum Gasteiger partial charge on any atom is 0.294 e. The third-order valence-electron chi connectivity index (χ3n) is 2.37. The van der Waals surface area contributed by atoms with E-state index in [9.17, 15) is 0 Å². The normalized spacial score (nSPS) is 10.4. The first kappa shape index (κ1) is 11.0. The first-order chi connectivity index (χ1) is 7.79. The molecule has 3 nitrogen and oxygen atoms in total. The molecule has 0 spiro atoms. The molecule has 0 unspecified atom stereocenters. The van der Waals surface area contributed by atoms with E-state index in [1.807, 2.05) is 24.3 Å². The van der Waals surface area contributed by atoms with Crippen molar-refractivity contribution in [3.05, 3.63) is 46.8 Å². The van der Waals surface area contributed by atoms with Crippen LogP contribution in [0, 0.1) is 0 Å². The van der Waals surface area contributed by atoms with Crippen LogP contribution in [-0.4, -0.2) is 12.0 Å². The molecular formula is C12H13ClN2O. The van der Waals surface area contributed by atoms with E-state index < -0.39 is 0 Å². The van der Waals surface area contributed by atoms with Crippen molar-refractivity contribution in [1.29, 1.82) is 0 Å². The molecule has 2 aromatic rings. The van der Waals surface area contributed by atoms with E-state index in [1.165, 1.54) is 0 Å². The maximum atomic E-state index is 6.06. The second-order valence-corrected chi connectivity index (χ2v) is 3.88. The zero-order valence-electron chi connectivity index (χ0n) is 9.03. The number of anilines is 1. The molecule has 1 heterocycles. The molecule has 0 atom stereocenters. The van der Waals surface area contributed by atoms with Crippen molar-refractivity contribution in [2.45, 2.75) is 12.8 Å². The highest BCUT2D eigenvalue weighted by molar-refractivity contribution is 6.31. The Hall–Kier alpha value is -1.48. The lowest BCUT2D eigenvalue weighted by Gasteiger charge is -2.01. The van der Waals surface area contributed by atoms with Crippen LogP contribution in [0.25, 0.3) is 0 Å². The summed E-state index contributed by atoms with van der Waals surface area (Å²) in [6.07, 6.45) is 3.40. The van der Waals surface area contributed by atoms with Crippen LogP contribution in [0.5, 0.6) is 0 Å². The number of hydrogen-bond acceptors (Lipinski definition) is 3. The Balaban J connectivity index is 1.99. The molecule has 1 aromatic heterocycles. The van der Waals surface area contributed by atoms with E-state index in [-0.39, 0.29) is 0 Å². The molecule has 0 fully saturated rings. The van der Waals surface area contributed by atoms with Crippen LogP contribution < -0.4 is 5.32 Å². The number of oxazole rings is 1. The van der Waals surface area contributed by atoms with Crippen molar-refractivity contribution >= 4 is 17.6 Å². The van der Waals surface area contributed by atoms with Gasteiger partial charge in [-0.3, -0.25) is 0 Å². The minimum atomic E-state index is 0.550. The summed E-state index contributed by atoms with van der Waals surface area (Å²) in [7, 11) is 1.78. The molecule has 84 valence electrons. The molecule has 1 N–H and O–H groups in total. The minimum absolute atomic E-state index is 0.550. The van der Waals surface area contributed by atoms with E-state index in [0.717, 1.165) is 29.2 Å². The molecule has 0 amide bonds. The molecule has 0 aliphatic carbocycles. The number of hydrogen-bond donors (Lipinski definition) is 1. The average molecular weight is 237 g/mol. The summed E-state index contributed by atoms with van der Waals surface area (Å²) in [5, 5.41) is 3.65. The summed E-state index contributed by atoms with van der Waals surface area (Å²) < 4.78 is 5.43. The minimum Gasteiger partial charge on any atom is -0.429 e. The molecule has 0 saturated carbocycles. The van der Waals surface area contributed by atoms with Crippen LogP contribution in [0.4, 0.5) is 6.01 Å². The summed E-state index contributed by atoms with van der Waals surface area (Å²) in [5.41, 5.74) is 1.13. The Labute approximate surface area is 99.5 Å². The van der Waals surface area contributed by atoms with Crippen LogP contribution in [-0.2, 0) is 12.8 Å². The number of halogens is 1. The Morgan fingerprint density at radius 1 is 1.31 bits per heavy atom. The predicted molar refractivity (Wildman–Crippen MR) is 64.9 cm³/mol. The quantitative estimate of drug-likeness (QED) is 0.886. The first-order valence-corrected chi connectivity index (χ1v) is 5.53. The molecular weight excluding hydrogens is 224 g/mol. The van der Waals surface area contributed by atoms with Crippen LogP contribution in [0.3, 0.4) is 0 Å². The van der Waals surface area contributed by atoms with Crippen molar-refractivity contribution in [3.63, 3.8) is 0 Å². The van der Waals surface area contributed by atoms with Gasteiger partial charge in [0.2, 0.25) is 0 Å². The standard InChI is InChI=1S/C12H13ClN2O/c1-14-12-15-8-10(16-12)7-6-9-4-2-3-5-11(9)13/h2-5,8H,6-7H2,1H3,(H,14,15). The van der Waals surface area contributed by atoms with Crippen molar-refractivity contribution in [1.82, 2.24) is 4.98 Å². The van der Waals surface area contributed by atoms with E-state index in [4.69, 9.17) is 16.0 Å². The summed E-state index contributed by atoms with van der Waals surface area (Å²) in [5.74, 6) is 0.865. The summed E-state index contributed by atoms with van der Waals surface area (Å²) >= 11 is 6.06. The highest BCUT2D eigenvalue weighted by Crippen LogP contribution is 2.18. The van der Waals surface area contributed by atoms with Gasteiger partial charge in [-0.15, -0.1) is 0 Å². The Morgan fingerprint density at radius 3 is 2.81 bits per heavy atom. The number of aryl methyl sites for hydroxylation is 2. The second-order valence-electron chi connectivity index (χ2n) is 3.47. The van der Waals surface area contributed by atoms with Crippen molar-refractivity contribution < 1.29 is 4.42 Å². The lowest BCUT2D eigenvalue weighted by molar-refractivity contribution is 0.518. The molecule has 16 heavy (non-hydrogen) atoms. The fourth-order valence-corrected chi connectivity index (χ4v) is 1.73. The third kappa shape index (κ3) is 2.55. The van der Waals surface area contributed by atoms with E-state index in [1.54, 1.807) is 13.2 Å². The number of aromatic nitrogens is 1. The van der Waals surface area contributed by atoms with Crippen molar-refractivity contribution in [2.24, 2.45) is 0 Å². The van der Waals surface area contributed by atoms with Gasteiger partial charge in [-0.05, 0) is 18.1 Å². The van der Waals surface area contributed by atoms with Crippen LogP contribution in [0.1, 0.15) is 11.3 Å². The summed E-state index contributed by atoms with van der Waals surface area (Å²) in [6.45, 7) is 0. The largest absolute Gasteiger partial charge is 0.429 e. The Kier molecular flexibility index (Phi) is 3.47. The van der Waals surface area contributed by atoms with Gasteiger partial charge < -0.3 is 9.73 Å². The van der Waals surface area contributed by atoms with Crippen molar-refractivity contribution in [3.8, 4) is 0 Å². The van der Waals surface area contributed by atoms with Crippen LogP contribution >= 0.6 is 11.6 Å². The highest BCUT2D eigenvalue weighted by Gasteiger charge is 2.04. The highest BCUT2D eigenvalue weighted by atomic mass is 35.5. The van der Waals surface area contributed by atoms with Crippen LogP contribution in [0.15, 0.2) is 34.9 Å². The van der Waals surface area contributed by atoms with Gasteiger partial charge in [0.15, 0.2) is 0 Å². The van der Waals surface area contributed by atoms with Crippen molar-refractivity contribution in [2.75, 3.05) is 12.4 Å². The van der Waals surface area contributed by atoms with Gasteiger partial charge in [-0.2, -0.15) is 0 Å². The van der Waals surface area contributed by atoms with Crippen LogP contribution in [0.2, 0.25) is 5.02 Å². The number of rotatable bonds is 4. The van der Waals surface area contributed by atoms with Gasteiger partial charge >= 0.3 is 0 Å². The average Bonchev–Trinajstić information content (AvgIpc) is 2.76. The molecule has 2 rings (SSSR count). The molecule has 4 heteroatoms. The molecule has 0 aliphatic heterocycles. The molecule has 0 aliphatic rings. The van der Waals surface area contributed by atoms with E-state index in [2.05, 4.69) is 10.3 Å². The van der Waals surface area contributed by atoms with Gasteiger partial charge in [-0.25, -0.2) is 4.98 Å². The number of benzene rings is 1. The number of nitrogens with one attached hydrogen (secondary N) is 1. The van der Waals surface area contributed by atoms with Gasteiger partial charge in [0.25, 0.3) is 6.01 Å². The van der Waals surface area contributed by atoms with Gasteiger partial charge in [0, 0.05) is 18.5 Å². The third-order valence-corrected chi connectivity index (χ3v) is 2.73. The zero-order chi connectivity index (χ0) is 11.4. The Morgan fingerprint density at radius 2 is 2.12 bits per heavy atom. The molecule has 0 saturated heterocycles. The monoisotopic (exact) mass is 236 g/mol. The topological polar surface area (TPSA) is 38.1 Å². The van der Waals surface area contributed by atoms with Gasteiger partial charge in [0.1, 0.15) is 5.76 Å². The van der Waals surface area contributed by atoms with Gasteiger partial charge in [0.05, 0.1) is 6.20 Å². The second kappa shape index (κ2) is 5.03. The fraction of sp³-hybridized carbons (Fsp3) is 0.250. The van der Waals surface area contributed by atoms with E-state index >= 15 is 0 Å². The smallest absolute Gasteiger partial charge is 0.294 e. The SMILES string of the molecule is CNc1ncc(CCc2ccccc2Cl)o1. The number of nitrogens with zero attached hydrogens (tertiary/aromatic N) is 1. The molecule has 1 aromatic carbocycles. The fourth-order valence-electron chi connectivity index (χ4n) is 1.50. The van der Waals surface area contributed by atoms with Gasteiger partial charge in [-0.1, -0.05) is 29.8 Å². The van der Waals surface area contributed by atoms with E-state index in [0.29, 0.717) is 6.01 Å². The molecule has 0 bridgehead atoms. The lowest BCUT2D eigenvalue weighted by Crippen LogP contribution is -1.90. The maximum absolute atomic E-state index is 6.06. The summed E-state index contributed by atoms with van der Waals surface area (Å²) in [4.78, 5) is 4.06. The zero-order valence-corrected chi connectivity index (χ0v) is 9.79.